The number of benzene rings is 1. The van der Waals surface area contributed by atoms with Crippen molar-refractivity contribution < 1.29 is 8.78 Å². The van der Waals surface area contributed by atoms with Crippen LogP contribution in [-0.4, -0.2) is 23.0 Å². The molecular weight excluding hydrogens is 254 g/mol. The van der Waals surface area contributed by atoms with Crippen LogP contribution in [0.5, 0.6) is 0 Å². The number of nitrogens with zero attached hydrogens (tertiary/aromatic N) is 1. The van der Waals surface area contributed by atoms with Crippen LogP contribution in [0.25, 0.3) is 0 Å². The first-order chi connectivity index (χ1) is 8.56. The Labute approximate surface area is 111 Å². The smallest absolute Gasteiger partial charge is 0.130 e. The fourth-order valence-corrected chi connectivity index (χ4v) is 2.50. The minimum Gasteiger partial charge on any atom is -0.393 e. The summed E-state index contributed by atoms with van der Waals surface area (Å²) in [6.45, 7) is 2.20. The molecule has 1 aromatic rings. The van der Waals surface area contributed by atoms with E-state index in [1.165, 1.54) is 12.1 Å². The van der Waals surface area contributed by atoms with E-state index in [1.54, 1.807) is 0 Å². The lowest BCUT2D eigenvalue weighted by molar-refractivity contribution is 0.200. The van der Waals surface area contributed by atoms with Gasteiger partial charge in [0.05, 0.1) is 4.99 Å². The second-order valence-electron chi connectivity index (χ2n) is 4.69. The minimum absolute atomic E-state index is 0.300. The Morgan fingerprint density at radius 3 is 2.56 bits per heavy atom. The number of likely N-dealkylation sites (tertiary alicyclic amines) is 1. The molecule has 0 bridgehead atoms. The van der Waals surface area contributed by atoms with Crippen LogP contribution in [0.1, 0.15) is 18.4 Å². The van der Waals surface area contributed by atoms with E-state index in [9.17, 15) is 8.78 Å². The molecule has 1 aliphatic rings. The number of hydrogen-bond acceptors (Lipinski definition) is 2. The van der Waals surface area contributed by atoms with Crippen LogP contribution < -0.4 is 5.73 Å². The molecule has 0 amide bonds. The lowest BCUT2D eigenvalue weighted by Gasteiger charge is -2.31. The molecule has 18 heavy (non-hydrogen) atoms. The molecule has 0 atom stereocenters. The Morgan fingerprint density at radius 1 is 1.33 bits per heavy atom. The molecule has 0 radical (unpaired) electrons. The lowest BCUT2D eigenvalue weighted by Crippen LogP contribution is -2.37. The summed E-state index contributed by atoms with van der Waals surface area (Å²) in [4.78, 5) is 2.72. The standard InChI is InChI=1S/C13H16F2N2S/c14-11-2-1-10(12(15)7-11)8-17-5-3-9(4-6-17)13(16)18/h1-2,7,9H,3-6,8H2,(H2,16,18). The van der Waals surface area contributed by atoms with Crippen LogP contribution in [0.15, 0.2) is 18.2 Å². The average Bonchev–Trinajstić information content (AvgIpc) is 2.33. The van der Waals surface area contributed by atoms with E-state index in [4.69, 9.17) is 18.0 Å². The van der Waals surface area contributed by atoms with Crippen molar-refractivity contribution >= 4 is 17.2 Å². The second-order valence-corrected chi connectivity index (χ2v) is 5.16. The van der Waals surface area contributed by atoms with Gasteiger partial charge in [-0.05, 0) is 32.0 Å². The van der Waals surface area contributed by atoms with Gasteiger partial charge in [0.1, 0.15) is 11.6 Å². The van der Waals surface area contributed by atoms with Crippen LogP contribution >= 0.6 is 12.2 Å². The van der Waals surface area contributed by atoms with Gasteiger partial charge in [-0.3, -0.25) is 4.90 Å². The normalized spacial score (nSPS) is 17.9. The van der Waals surface area contributed by atoms with E-state index in [2.05, 4.69) is 4.90 Å². The molecule has 2 N–H and O–H groups in total. The van der Waals surface area contributed by atoms with E-state index >= 15 is 0 Å². The summed E-state index contributed by atoms with van der Waals surface area (Å²) in [6, 6.07) is 3.72. The molecule has 1 aromatic carbocycles. The molecule has 1 saturated heterocycles. The van der Waals surface area contributed by atoms with E-state index in [0.29, 0.717) is 23.0 Å². The van der Waals surface area contributed by atoms with Gasteiger partial charge in [0.2, 0.25) is 0 Å². The van der Waals surface area contributed by atoms with Gasteiger partial charge in [0.15, 0.2) is 0 Å². The highest BCUT2D eigenvalue weighted by Crippen LogP contribution is 2.20. The van der Waals surface area contributed by atoms with Crippen molar-refractivity contribution in [1.82, 2.24) is 4.90 Å². The van der Waals surface area contributed by atoms with Crippen molar-refractivity contribution in [3.8, 4) is 0 Å². The molecule has 0 aliphatic carbocycles. The van der Waals surface area contributed by atoms with Crippen molar-refractivity contribution in [3.05, 3.63) is 35.4 Å². The van der Waals surface area contributed by atoms with Crippen molar-refractivity contribution in [2.45, 2.75) is 19.4 Å². The number of nitrogens with two attached hydrogens (primary N) is 1. The second kappa shape index (κ2) is 5.71. The predicted molar refractivity (Wildman–Crippen MR) is 71.1 cm³/mol. The predicted octanol–water partition coefficient (Wildman–Crippen LogP) is 2.46. The minimum atomic E-state index is -0.538. The Balaban J connectivity index is 1.93. The summed E-state index contributed by atoms with van der Waals surface area (Å²) in [7, 11) is 0. The summed E-state index contributed by atoms with van der Waals surface area (Å²) in [5.41, 5.74) is 6.15. The maximum Gasteiger partial charge on any atom is 0.130 e. The van der Waals surface area contributed by atoms with Gasteiger partial charge in [-0.1, -0.05) is 18.3 Å². The number of rotatable bonds is 3. The summed E-state index contributed by atoms with van der Waals surface area (Å²) < 4.78 is 26.3. The third kappa shape index (κ3) is 3.23. The van der Waals surface area contributed by atoms with Crippen LogP contribution in [0.2, 0.25) is 0 Å². The van der Waals surface area contributed by atoms with Gasteiger partial charge in [0.25, 0.3) is 0 Å². The molecule has 1 heterocycles. The first kappa shape index (κ1) is 13.4. The molecule has 2 rings (SSSR count). The number of halogens is 2. The van der Waals surface area contributed by atoms with E-state index in [1.807, 2.05) is 0 Å². The van der Waals surface area contributed by atoms with Gasteiger partial charge >= 0.3 is 0 Å². The summed E-state index contributed by atoms with van der Waals surface area (Å²) in [5, 5.41) is 0. The molecule has 0 spiro atoms. The summed E-state index contributed by atoms with van der Waals surface area (Å²) in [5.74, 6) is -0.718. The molecule has 0 aromatic heterocycles. The molecule has 0 saturated carbocycles. The molecule has 1 aliphatic heterocycles. The maximum atomic E-state index is 13.5. The van der Waals surface area contributed by atoms with Gasteiger partial charge < -0.3 is 5.73 Å². The van der Waals surface area contributed by atoms with Crippen molar-refractivity contribution in [3.63, 3.8) is 0 Å². The molecular formula is C13H16F2N2S. The maximum absolute atomic E-state index is 13.5. The topological polar surface area (TPSA) is 29.3 Å². The number of thiocarbonyl (C=S) groups is 1. The van der Waals surface area contributed by atoms with Gasteiger partial charge in [0, 0.05) is 24.1 Å². The van der Waals surface area contributed by atoms with Crippen molar-refractivity contribution in [2.75, 3.05) is 13.1 Å². The largest absolute Gasteiger partial charge is 0.393 e. The van der Waals surface area contributed by atoms with Crippen LogP contribution in [0, 0.1) is 17.6 Å². The number of hydrogen-bond donors (Lipinski definition) is 1. The Morgan fingerprint density at radius 2 is 2.00 bits per heavy atom. The fourth-order valence-electron chi connectivity index (χ4n) is 2.27. The van der Waals surface area contributed by atoms with Crippen LogP contribution in [0.4, 0.5) is 8.78 Å². The molecule has 5 heteroatoms. The highest BCUT2D eigenvalue weighted by Gasteiger charge is 2.21. The Hall–Kier alpha value is -1.07. The zero-order valence-corrected chi connectivity index (χ0v) is 10.9. The number of piperidine rings is 1. The Bertz CT molecular complexity index is 443. The zero-order valence-electron chi connectivity index (χ0n) is 10.0. The summed E-state index contributed by atoms with van der Waals surface area (Å²) >= 11 is 4.98. The van der Waals surface area contributed by atoms with Crippen molar-refractivity contribution in [1.29, 1.82) is 0 Å². The van der Waals surface area contributed by atoms with Crippen molar-refractivity contribution in [2.24, 2.45) is 11.7 Å². The summed E-state index contributed by atoms with van der Waals surface area (Å²) in [6.07, 6.45) is 1.83. The first-order valence-corrected chi connectivity index (χ1v) is 6.42. The highest BCUT2D eigenvalue weighted by atomic mass is 32.1. The molecule has 0 unspecified atom stereocenters. The van der Waals surface area contributed by atoms with E-state index in [0.717, 1.165) is 32.0 Å². The Kier molecular flexibility index (Phi) is 4.24. The fraction of sp³-hybridized carbons (Fsp3) is 0.462. The molecule has 1 fully saturated rings. The molecule has 98 valence electrons. The van der Waals surface area contributed by atoms with Gasteiger partial charge in [-0.25, -0.2) is 8.78 Å². The monoisotopic (exact) mass is 270 g/mol. The third-order valence-corrected chi connectivity index (χ3v) is 3.73. The third-order valence-electron chi connectivity index (χ3n) is 3.40. The SMILES string of the molecule is NC(=S)C1CCN(Cc2ccc(F)cc2F)CC1. The van der Waals surface area contributed by atoms with Gasteiger partial charge in [-0.2, -0.15) is 0 Å². The van der Waals surface area contributed by atoms with Crippen LogP contribution in [-0.2, 0) is 6.54 Å². The first-order valence-electron chi connectivity index (χ1n) is 6.02. The quantitative estimate of drug-likeness (QED) is 0.856. The van der Waals surface area contributed by atoms with E-state index in [-0.39, 0.29) is 0 Å². The van der Waals surface area contributed by atoms with Gasteiger partial charge in [-0.15, -0.1) is 0 Å². The van der Waals surface area contributed by atoms with E-state index < -0.39 is 11.6 Å². The average molecular weight is 270 g/mol. The highest BCUT2D eigenvalue weighted by molar-refractivity contribution is 7.80. The molecule has 2 nitrogen and oxygen atoms in total. The van der Waals surface area contributed by atoms with Crippen LogP contribution in [0.3, 0.4) is 0 Å². The zero-order chi connectivity index (χ0) is 13.1. The lowest BCUT2D eigenvalue weighted by atomic mass is 9.96.